The van der Waals surface area contributed by atoms with E-state index in [0.29, 0.717) is 22.1 Å². The molecule has 1 aromatic heterocycles. The molecule has 0 amide bonds. The molecule has 0 aliphatic rings. The van der Waals surface area contributed by atoms with Crippen molar-refractivity contribution >= 4 is 23.4 Å². The molecule has 2 nitrogen and oxygen atoms in total. The lowest BCUT2D eigenvalue weighted by Gasteiger charge is -2.00. The van der Waals surface area contributed by atoms with Crippen LogP contribution < -0.4 is 0 Å². The Morgan fingerprint density at radius 2 is 2.23 bits per heavy atom. The molecule has 0 saturated heterocycles. The molecule has 0 bridgehead atoms. The first kappa shape index (κ1) is 10.1. The molecule has 0 spiro atoms. The van der Waals surface area contributed by atoms with Crippen molar-refractivity contribution in [1.82, 2.24) is 0 Å². The first-order valence-corrected chi connectivity index (χ1v) is 5.03. The van der Waals surface area contributed by atoms with Gasteiger partial charge in [-0.25, -0.2) is 0 Å². The summed E-state index contributed by atoms with van der Waals surface area (Å²) < 4.78 is 0. The number of carbonyl (C=O) groups is 2. The Morgan fingerprint density at radius 1 is 1.54 bits per heavy atom. The van der Waals surface area contributed by atoms with Crippen molar-refractivity contribution in [2.75, 3.05) is 0 Å². The van der Waals surface area contributed by atoms with Crippen LogP contribution in [0.5, 0.6) is 0 Å². The highest BCUT2D eigenvalue weighted by molar-refractivity contribution is 7.15. The third-order valence-electron chi connectivity index (χ3n) is 1.61. The van der Waals surface area contributed by atoms with Gasteiger partial charge >= 0.3 is 0 Å². The Morgan fingerprint density at radius 3 is 2.69 bits per heavy atom. The molecule has 1 aromatic rings. The highest BCUT2D eigenvalue weighted by Gasteiger charge is 2.10. The third kappa shape index (κ3) is 2.77. The fourth-order valence-corrected chi connectivity index (χ4v) is 1.81. The largest absolute Gasteiger partial charge is 0.297 e. The second kappa shape index (κ2) is 4.33. The van der Waals surface area contributed by atoms with E-state index in [9.17, 15) is 9.59 Å². The van der Waals surface area contributed by atoms with E-state index < -0.39 is 0 Å². The SMILES string of the molecule is CC(C)CC(=O)c1ccc(C=O)s1. The van der Waals surface area contributed by atoms with E-state index in [1.807, 2.05) is 13.8 Å². The monoisotopic (exact) mass is 196 g/mol. The number of hydrogen-bond acceptors (Lipinski definition) is 3. The Bertz CT molecular complexity index is 312. The molecule has 0 aliphatic heterocycles. The number of Topliss-reactive ketones (excluding diaryl/α,β-unsaturated/α-hetero) is 1. The van der Waals surface area contributed by atoms with E-state index >= 15 is 0 Å². The van der Waals surface area contributed by atoms with Crippen LogP contribution in [0.2, 0.25) is 0 Å². The molecule has 0 radical (unpaired) electrons. The van der Waals surface area contributed by atoms with Gasteiger partial charge in [-0.1, -0.05) is 13.8 Å². The van der Waals surface area contributed by atoms with Crippen molar-refractivity contribution in [2.45, 2.75) is 20.3 Å². The van der Waals surface area contributed by atoms with Crippen LogP contribution in [0.4, 0.5) is 0 Å². The van der Waals surface area contributed by atoms with Crippen LogP contribution >= 0.6 is 11.3 Å². The Labute approximate surface area is 81.6 Å². The van der Waals surface area contributed by atoms with Crippen LogP contribution in [-0.4, -0.2) is 12.1 Å². The summed E-state index contributed by atoms with van der Waals surface area (Å²) in [6, 6.07) is 3.41. The van der Waals surface area contributed by atoms with Crippen molar-refractivity contribution in [1.29, 1.82) is 0 Å². The summed E-state index contributed by atoms with van der Waals surface area (Å²) in [4.78, 5) is 23.2. The summed E-state index contributed by atoms with van der Waals surface area (Å²) in [5.74, 6) is 0.502. The minimum Gasteiger partial charge on any atom is -0.297 e. The number of thiophene rings is 1. The van der Waals surface area contributed by atoms with Crippen LogP contribution in [0.3, 0.4) is 0 Å². The van der Waals surface area contributed by atoms with Gasteiger partial charge in [0.05, 0.1) is 9.75 Å². The molecule has 0 unspecified atom stereocenters. The van der Waals surface area contributed by atoms with Crippen LogP contribution in [0, 0.1) is 5.92 Å². The Kier molecular flexibility index (Phi) is 3.37. The minimum absolute atomic E-state index is 0.133. The molecule has 0 atom stereocenters. The van der Waals surface area contributed by atoms with Crippen LogP contribution in [0.15, 0.2) is 12.1 Å². The molecular formula is C10H12O2S. The topological polar surface area (TPSA) is 34.1 Å². The smallest absolute Gasteiger partial charge is 0.173 e. The van der Waals surface area contributed by atoms with Gasteiger partial charge in [0, 0.05) is 6.42 Å². The van der Waals surface area contributed by atoms with Gasteiger partial charge in [-0.05, 0) is 18.1 Å². The van der Waals surface area contributed by atoms with E-state index in [1.54, 1.807) is 12.1 Å². The second-order valence-electron chi connectivity index (χ2n) is 3.34. The summed E-state index contributed by atoms with van der Waals surface area (Å²) in [5, 5.41) is 0. The Balaban J connectivity index is 2.71. The molecule has 13 heavy (non-hydrogen) atoms. The maximum absolute atomic E-state index is 11.5. The van der Waals surface area contributed by atoms with Crippen molar-refractivity contribution in [2.24, 2.45) is 5.92 Å². The van der Waals surface area contributed by atoms with Gasteiger partial charge in [0.2, 0.25) is 0 Å². The lowest BCUT2D eigenvalue weighted by Crippen LogP contribution is -2.00. The zero-order valence-electron chi connectivity index (χ0n) is 7.74. The summed E-state index contributed by atoms with van der Waals surface area (Å²) in [7, 11) is 0. The minimum atomic E-state index is 0.133. The number of carbonyl (C=O) groups excluding carboxylic acids is 2. The van der Waals surface area contributed by atoms with Gasteiger partial charge in [-0.3, -0.25) is 9.59 Å². The molecule has 1 rings (SSSR count). The van der Waals surface area contributed by atoms with Crippen LogP contribution in [-0.2, 0) is 0 Å². The van der Waals surface area contributed by atoms with Gasteiger partial charge < -0.3 is 0 Å². The predicted octanol–water partition coefficient (Wildman–Crippen LogP) is 2.79. The molecule has 0 aromatic carbocycles. The van der Waals surface area contributed by atoms with E-state index in [4.69, 9.17) is 0 Å². The number of hydrogen-bond donors (Lipinski definition) is 0. The zero-order chi connectivity index (χ0) is 9.84. The Hall–Kier alpha value is -0.960. The number of ketones is 1. The van der Waals surface area contributed by atoms with Crippen molar-refractivity contribution in [3.8, 4) is 0 Å². The normalized spacial score (nSPS) is 10.4. The fourth-order valence-electron chi connectivity index (χ4n) is 1.04. The molecule has 1 heterocycles. The average Bonchev–Trinajstić information content (AvgIpc) is 2.50. The molecule has 0 saturated carbocycles. The first-order chi connectivity index (χ1) is 6.13. The highest BCUT2D eigenvalue weighted by atomic mass is 32.1. The van der Waals surface area contributed by atoms with Crippen molar-refractivity contribution in [3.63, 3.8) is 0 Å². The summed E-state index contributed by atoms with van der Waals surface area (Å²) in [6.07, 6.45) is 1.33. The van der Waals surface area contributed by atoms with E-state index in [2.05, 4.69) is 0 Å². The zero-order valence-corrected chi connectivity index (χ0v) is 8.56. The predicted molar refractivity (Wildman–Crippen MR) is 53.5 cm³/mol. The average molecular weight is 196 g/mol. The maximum atomic E-state index is 11.5. The number of rotatable bonds is 4. The van der Waals surface area contributed by atoms with E-state index in [0.717, 1.165) is 6.29 Å². The van der Waals surface area contributed by atoms with Gasteiger partial charge in [0.25, 0.3) is 0 Å². The van der Waals surface area contributed by atoms with Crippen LogP contribution in [0.25, 0.3) is 0 Å². The summed E-state index contributed by atoms with van der Waals surface area (Å²) in [6.45, 7) is 4.01. The maximum Gasteiger partial charge on any atom is 0.173 e. The molecule has 3 heteroatoms. The lowest BCUT2D eigenvalue weighted by atomic mass is 10.1. The molecule has 70 valence electrons. The molecule has 0 N–H and O–H groups in total. The molecule has 0 aliphatic carbocycles. The molecule has 0 fully saturated rings. The first-order valence-electron chi connectivity index (χ1n) is 4.21. The standard InChI is InChI=1S/C10H12O2S/c1-7(2)5-9(12)10-4-3-8(6-11)13-10/h3-4,6-7H,5H2,1-2H3. The van der Waals surface area contributed by atoms with Crippen molar-refractivity contribution < 1.29 is 9.59 Å². The summed E-state index contributed by atoms with van der Waals surface area (Å²) >= 11 is 1.27. The third-order valence-corrected chi connectivity index (χ3v) is 2.66. The lowest BCUT2D eigenvalue weighted by molar-refractivity contribution is 0.0971. The highest BCUT2D eigenvalue weighted by Crippen LogP contribution is 2.18. The van der Waals surface area contributed by atoms with Gasteiger partial charge in [-0.15, -0.1) is 11.3 Å². The summed E-state index contributed by atoms with van der Waals surface area (Å²) in [5.41, 5.74) is 0. The van der Waals surface area contributed by atoms with E-state index in [1.165, 1.54) is 11.3 Å². The van der Waals surface area contributed by atoms with Gasteiger partial charge in [0.1, 0.15) is 0 Å². The van der Waals surface area contributed by atoms with Crippen molar-refractivity contribution in [3.05, 3.63) is 21.9 Å². The number of aldehydes is 1. The second-order valence-corrected chi connectivity index (χ2v) is 4.46. The van der Waals surface area contributed by atoms with Gasteiger partial charge in [0.15, 0.2) is 12.1 Å². The van der Waals surface area contributed by atoms with Gasteiger partial charge in [-0.2, -0.15) is 0 Å². The quantitative estimate of drug-likeness (QED) is 0.548. The van der Waals surface area contributed by atoms with Crippen LogP contribution in [0.1, 0.15) is 39.6 Å². The molecular weight excluding hydrogens is 184 g/mol. The van der Waals surface area contributed by atoms with E-state index in [-0.39, 0.29) is 5.78 Å². The fraction of sp³-hybridized carbons (Fsp3) is 0.400.